The summed E-state index contributed by atoms with van der Waals surface area (Å²) in [6.45, 7) is 32.0. The second-order valence-electron chi connectivity index (χ2n) is 11.5. The van der Waals surface area contributed by atoms with Gasteiger partial charge < -0.3 is 20.1 Å². The first-order valence-electron chi connectivity index (χ1n) is 11.2. The van der Waals surface area contributed by atoms with E-state index in [1.165, 1.54) is 0 Å². The van der Waals surface area contributed by atoms with Crippen molar-refractivity contribution in [1.82, 2.24) is 0 Å². The highest BCUT2D eigenvalue weighted by Crippen LogP contribution is 2.25. The predicted molar refractivity (Wildman–Crippen MR) is 143 cm³/mol. The van der Waals surface area contributed by atoms with E-state index in [1.54, 1.807) is 6.92 Å². The molecule has 0 aromatic carbocycles. The number of aliphatic hydroxyl groups is 3. The van der Waals surface area contributed by atoms with E-state index in [9.17, 15) is 20.1 Å². The van der Waals surface area contributed by atoms with Crippen molar-refractivity contribution >= 4 is 5.97 Å². The highest BCUT2D eigenvalue weighted by Gasteiger charge is 2.29. The van der Waals surface area contributed by atoms with Crippen molar-refractivity contribution < 1.29 is 24.9 Å². The average molecular weight is 484 g/mol. The number of nitrogens with zero attached hydrogens (tertiary/aromatic N) is 1. The Morgan fingerprint density at radius 3 is 1.50 bits per heavy atom. The van der Waals surface area contributed by atoms with Crippen LogP contribution in [-0.2, 0) is 9.53 Å². The van der Waals surface area contributed by atoms with Gasteiger partial charge in [0.1, 0.15) is 0 Å². The van der Waals surface area contributed by atoms with Crippen molar-refractivity contribution in [2.75, 3.05) is 6.61 Å². The number of rotatable bonds is 6. The molecule has 0 spiro atoms. The third kappa shape index (κ3) is 19.5. The fourth-order valence-electron chi connectivity index (χ4n) is 2.38. The van der Waals surface area contributed by atoms with Crippen LogP contribution in [0.15, 0.2) is 36.5 Å². The largest absolute Gasteiger partial charge is 0.463 e. The van der Waals surface area contributed by atoms with Crippen molar-refractivity contribution in [3.05, 3.63) is 36.5 Å². The van der Waals surface area contributed by atoms with Crippen molar-refractivity contribution in [3.63, 3.8) is 0 Å². The minimum atomic E-state index is -0.855. The van der Waals surface area contributed by atoms with Crippen LogP contribution in [0.2, 0.25) is 0 Å². The molecule has 0 saturated heterocycles. The van der Waals surface area contributed by atoms with Gasteiger partial charge in [-0.15, -0.1) is 0 Å². The van der Waals surface area contributed by atoms with Gasteiger partial charge in [0.05, 0.1) is 42.1 Å². The highest BCUT2D eigenvalue weighted by atomic mass is 16.5. The topological polar surface area (TPSA) is 111 Å². The van der Waals surface area contributed by atoms with Crippen LogP contribution in [0.4, 0.5) is 0 Å². The van der Waals surface area contributed by atoms with Crippen LogP contribution in [0.5, 0.6) is 0 Å². The van der Waals surface area contributed by atoms with E-state index in [0.29, 0.717) is 13.0 Å². The maximum atomic E-state index is 11.1. The van der Waals surface area contributed by atoms with E-state index in [-0.39, 0.29) is 40.9 Å². The fraction of sp³-hybridized carbons (Fsp3) is 0.714. The summed E-state index contributed by atoms with van der Waals surface area (Å²) < 4.78 is 4.72. The lowest BCUT2D eigenvalue weighted by Gasteiger charge is -2.26. The summed E-state index contributed by atoms with van der Waals surface area (Å²) in [7, 11) is 0. The summed E-state index contributed by atoms with van der Waals surface area (Å²) in [6.07, 6.45) is -1.33. The Morgan fingerprint density at radius 2 is 1.29 bits per heavy atom. The molecule has 34 heavy (non-hydrogen) atoms. The Kier molecular flexibility index (Phi) is 19.2. The van der Waals surface area contributed by atoms with Crippen molar-refractivity contribution in [2.45, 2.75) is 108 Å². The molecule has 3 unspecified atom stereocenters. The molecule has 0 aliphatic carbocycles. The molecule has 3 atom stereocenters. The lowest BCUT2D eigenvalue weighted by atomic mass is 9.85. The molecule has 0 amide bonds. The van der Waals surface area contributed by atoms with E-state index >= 15 is 0 Å². The smallest absolute Gasteiger partial charge is 0.336 e. The van der Waals surface area contributed by atoms with Gasteiger partial charge in [-0.2, -0.15) is 5.26 Å². The third-order valence-corrected chi connectivity index (χ3v) is 4.33. The van der Waals surface area contributed by atoms with Gasteiger partial charge in [-0.3, -0.25) is 0 Å². The molecule has 0 aromatic rings. The van der Waals surface area contributed by atoms with Crippen LogP contribution < -0.4 is 0 Å². The van der Waals surface area contributed by atoms with Gasteiger partial charge in [0.2, 0.25) is 0 Å². The van der Waals surface area contributed by atoms with Crippen LogP contribution in [0, 0.1) is 27.6 Å². The van der Waals surface area contributed by atoms with Gasteiger partial charge in [-0.25, -0.2) is 4.79 Å². The molecule has 0 aliphatic rings. The SMILES string of the molecule is C.C=C(C#N)C(O)CC(C)(C)C.C=C(C(=O)OCC)C(O)C(C)(C)C.C=C(C)C(O)C(C)(C)C. The van der Waals surface area contributed by atoms with Gasteiger partial charge >= 0.3 is 5.97 Å². The van der Waals surface area contributed by atoms with Gasteiger partial charge in [0.15, 0.2) is 0 Å². The Hall–Kier alpha value is -1.94. The Labute approximate surface area is 210 Å². The van der Waals surface area contributed by atoms with Gasteiger partial charge in [0.25, 0.3) is 0 Å². The first-order valence-corrected chi connectivity index (χ1v) is 11.2. The van der Waals surface area contributed by atoms with Crippen molar-refractivity contribution in [2.24, 2.45) is 16.2 Å². The van der Waals surface area contributed by atoms with Crippen molar-refractivity contribution in [1.29, 1.82) is 5.26 Å². The molecule has 0 aromatic heterocycles. The molecule has 200 valence electrons. The number of nitriles is 1. The minimum absolute atomic E-state index is 0. The number of esters is 1. The first kappa shape index (κ1) is 39.3. The van der Waals surface area contributed by atoms with Crippen LogP contribution in [-0.4, -0.2) is 46.2 Å². The van der Waals surface area contributed by atoms with Crippen LogP contribution in [0.1, 0.15) is 90.0 Å². The Balaban J connectivity index is -0.000000199. The third-order valence-electron chi connectivity index (χ3n) is 4.33. The zero-order valence-corrected chi connectivity index (χ0v) is 22.9. The van der Waals surface area contributed by atoms with Gasteiger partial charge in [-0.1, -0.05) is 95.1 Å². The fourth-order valence-corrected chi connectivity index (χ4v) is 2.38. The number of carbonyl (C=O) groups is 1. The Morgan fingerprint density at radius 1 is 0.912 bits per heavy atom. The molecule has 0 aliphatic heterocycles. The van der Waals surface area contributed by atoms with E-state index in [0.717, 1.165) is 5.57 Å². The van der Waals surface area contributed by atoms with E-state index in [2.05, 4.69) is 19.7 Å². The maximum Gasteiger partial charge on any atom is 0.336 e. The standard InChI is InChI=1S/C10H18O3.C9H15NO.C8H16O.CH4/c1-6-13-9(12)7(2)8(11)10(3,4)5;1-7(6-10)8(11)5-9(2,3)4;1-6(2)7(9)8(3,4)5;/h8,11H,2,6H2,1,3-5H3;8,11H,1,5H2,2-4H3;7,9H,1H2,2-5H3;1H4. The monoisotopic (exact) mass is 483 g/mol. The normalized spacial score (nSPS) is 13.7. The summed E-state index contributed by atoms with van der Waals surface area (Å²) in [5, 5.41) is 36.7. The van der Waals surface area contributed by atoms with Crippen LogP contribution in [0.25, 0.3) is 0 Å². The van der Waals surface area contributed by atoms with E-state index in [4.69, 9.17) is 10.00 Å². The maximum absolute atomic E-state index is 11.1. The van der Waals surface area contributed by atoms with Gasteiger partial charge in [-0.05, 0) is 36.5 Å². The molecule has 3 N–H and O–H groups in total. The Bertz CT molecular complexity index is 682. The highest BCUT2D eigenvalue weighted by molar-refractivity contribution is 5.88. The van der Waals surface area contributed by atoms with Crippen LogP contribution in [0.3, 0.4) is 0 Å². The molecule has 0 radical (unpaired) electrons. The molecule has 0 fully saturated rings. The zero-order valence-electron chi connectivity index (χ0n) is 22.9. The number of hydrogen-bond acceptors (Lipinski definition) is 6. The molecular weight excluding hydrogens is 430 g/mol. The molecule has 0 bridgehead atoms. The first-order chi connectivity index (χ1) is 14.5. The number of ether oxygens (including phenoxy) is 1. The predicted octanol–water partition coefficient (Wildman–Crippen LogP) is 5.98. The lowest BCUT2D eigenvalue weighted by molar-refractivity contribution is -0.140. The minimum Gasteiger partial charge on any atom is -0.463 e. The lowest BCUT2D eigenvalue weighted by Crippen LogP contribution is -2.31. The molecule has 0 saturated carbocycles. The van der Waals surface area contributed by atoms with E-state index in [1.807, 2.05) is 75.3 Å². The molecule has 0 rings (SSSR count). The second-order valence-corrected chi connectivity index (χ2v) is 11.5. The average Bonchev–Trinajstić information content (AvgIpc) is 2.63. The quantitative estimate of drug-likeness (QED) is 0.185. The number of carbonyl (C=O) groups excluding carboxylic acids is 1. The molecular formula is C28H53NO5. The number of aliphatic hydroxyl groups excluding tert-OH is 3. The molecule has 6 nitrogen and oxygen atoms in total. The summed E-state index contributed by atoms with van der Waals surface area (Å²) in [5.41, 5.74) is 0.797. The summed E-state index contributed by atoms with van der Waals surface area (Å²) in [4.78, 5) is 11.1. The van der Waals surface area contributed by atoms with Crippen LogP contribution >= 0.6 is 0 Å². The zero-order chi connectivity index (χ0) is 27.4. The number of hydrogen-bond donors (Lipinski definition) is 3. The van der Waals surface area contributed by atoms with E-state index < -0.39 is 18.2 Å². The molecule has 6 heteroatoms. The summed E-state index contributed by atoms with van der Waals surface area (Å²) in [6, 6.07) is 1.84. The summed E-state index contributed by atoms with van der Waals surface area (Å²) in [5.74, 6) is -0.523. The molecule has 0 heterocycles. The second kappa shape index (κ2) is 16.6. The van der Waals surface area contributed by atoms with Crippen molar-refractivity contribution in [3.8, 4) is 6.07 Å². The summed E-state index contributed by atoms with van der Waals surface area (Å²) >= 11 is 0. The van der Waals surface area contributed by atoms with Gasteiger partial charge in [0, 0.05) is 0 Å².